The summed E-state index contributed by atoms with van der Waals surface area (Å²) in [6.45, 7) is 2.19. The van der Waals surface area contributed by atoms with E-state index in [1.54, 1.807) is 0 Å². The van der Waals surface area contributed by atoms with Gasteiger partial charge in [0, 0.05) is 19.0 Å². The van der Waals surface area contributed by atoms with Crippen LogP contribution in [0.2, 0.25) is 0 Å². The number of hydrogen-bond acceptors (Lipinski definition) is 4. The van der Waals surface area contributed by atoms with Crippen LogP contribution in [0.5, 0.6) is 0 Å². The van der Waals surface area contributed by atoms with Gasteiger partial charge in [0.2, 0.25) is 5.91 Å². The van der Waals surface area contributed by atoms with Crippen molar-refractivity contribution >= 4 is 38.5 Å². The molecule has 0 spiro atoms. The number of fused-ring (bicyclic) bond motifs is 1. The summed E-state index contributed by atoms with van der Waals surface area (Å²) >= 11 is 1.40. The van der Waals surface area contributed by atoms with Crippen molar-refractivity contribution in [3.8, 4) is 0 Å². The Balaban J connectivity index is 1.45. The number of thiazole rings is 1. The SMILES string of the molecule is Cc1ccc2nc(NC(=O)CCCNC(=O)c3ccc(F)cc3F)sc2c1. The van der Waals surface area contributed by atoms with E-state index in [0.29, 0.717) is 17.6 Å². The topological polar surface area (TPSA) is 71.1 Å². The van der Waals surface area contributed by atoms with Crippen LogP contribution in [0.3, 0.4) is 0 Å². The van der Waals surface area contributed by atoms with Gasteiger partial charge in [-0.25, -0.2) is 13.8 Å². The molecule has 0 aliphatic rings. The van der Waals surface area contributed by atoms with E-state index in [-0.39, 0.29) is 24.4 Å². The molecular weight excluding hydrogens is 372 g/mol. The lowest BCUT2D eigenvalue weighted by molar-refractivity contribution is -0.116. The highest BCUT2D eigenvalue weighted by Gasteiger charge is 2.12. The molecule has 5 nitrogen and oxygen atoms in total. The monoisotopic (exact) mass is 389 g/mol. The molecule has 0 radical (unpaired) electrons. The second-order valence-corrected chi connectivity index (χ2v) is 7.05. The van der Waals surface area contributed by atoms with Crippen LogP contribution >= 0.6 is 11.3 Å². The Morgan fingerprint density at radius 1 is 1.15 bits per heavy atom. The second-order valence-electron chi connectivity index (χ2n) is 6.02. The number of aromatic nitrogens is 1. The average Bonchev–Trinajstić information content (AvgIpc) is 2.99. The highest BCUT2D eigenvalue weighted by molar-refractivity contribution is 7.22. The van der Waals surface area contributed by atoms with E-state index >= 15 is 0 Å². The highest BCUT2D eigenvalue weighted by Crippen LogP contribution is 2.26. The van der Waals surface area contributed by atoms with Crippen LogP contribution in [0.15, 0.2) is 36.4 Å². The molecule has 0 unspecified atom stereocenters. The van der Waals surface area contributed by atoms with Gasteiger partial charge >= 0.3 is 0 Å². The van der Waals surface area contributed by atoms with Gasteiger partial charge in [-0.2, -0.15) is 0 Å². The summed E-state index contributed by atoms with van der Waals surface area (Å²) in [6.07, 6.45) is 0.561. The number of rotatable bonds is 6. The van der Waals surface area contributed by atoms with E-state index in [0.717, 1.165) is 27.9 Å². The first-order valence-corrected chi connectivity index (χ1v) is 9.14. The molecule has 3 aromatic rings. The molecule has 0 bridgehead atoms. The van der Waals surface area contributed by atoms with Gasteiger partial charge in [0.15, 0.2) is 5.13 Å². The number of amides is 2. The Kier molecular flexibility index (Phi) is 5.75. The molecule has 0 aliphatic heterocycles. The van der Waals surface area contributed by atoms with Crippen LogP contribution in [-0.2, 0) is 4.79 Å². The number of benzene rings is 2. The van der Waals surface area contributed by atoms with Crippen molar-refractivity contribution in [1.29, 1.82) is 0 Å². The van der Waals surface area contributed by atoms with E-state index < -0.39 is 17.5 Å². The minimum Gasteiger partial charge on any atom is -0.352 e. The Labute approximate surface area is 158 Å². The third-order valence-electron chi connectivity index (χ3n) is 3.83. The molecule has 2 N–H and O–H groups in total. The van der Waals surface area contributed by atoms with E-state index in [9.17, 15) is 18.4 Å². The molecule has 2 aromatic carbocycles. The summed E-state index contributed by atoms with van der Waals surface area (Å²) in [6, 6.07) is 8.63. The molecular formula is C19H17F2N3O2S. The van der Waals surface area contributed by atoms with Crippen molar-refractivity contribution in [3.63, 3.8) is 0 Å². The van der Waals surface area contributed by atoms with Crippen LogP contribution in [0.1, 0.15) is 28.8 Å². The number of nitrogens with one attached hydrogen (secondary N) is 2. The molecule has 0 aliphatic carbocycles. The molecule has 27 heavy (non-hydrogen) atoms. The maximum absolute atomic E-state index is 13.5. The van der Waals surface area contributed by atoms with Crippen LogP contribution in [0.4, 0.5) is 13.9 Å². The number of aryl methyl sites for hydroxylation is 1. The van der Waals surface area contributed by atoms with Gasteiger partial charge < -0.3 is 10.6 Å². The fourth-order valence-electron chi connectivity index (χ4n) is 2.49. The Morgan fingerprint density at radius 3 is 2.74 bits per heavy atom. The smallest absolute Gasteiger partial charge is 0.254 e. The fourth-order valence-corrected chi connectivity index (χ4v) is 3.47. The summed E-state index contributed by atoms with van der Waals surface area (Å²) in [5, 5.41) is 5.78. The van der Waals surface area contributed by atoms with Crippen molar-refractivity contribution in [2.45, 2.75) is 19.8 Å². The second kappa shape index (κ2) is 8.22. The number of anilines is 1. The van der Waals surface area contributed by atoms with E-state index in [1.807, 2.05) is 25.1 Å². The van der Waals surface area contributed by atoms with Crippen LogP contribution in [-0.4, -0.2) is 23.3 Å². The van der Waals surface area contributed by atoms with Gasteiger partial charge in [0.05, 0.1) is 15.8 Å². The van der Waals surface area contributed by atoms with Crippen LogP contribution in [0, 0.1) is 18.6 Å². The van der Waals surface area contributed by atoms with Gasteiger partial charge in [-0.15, -0.1) is 0 Å². The molecule has 1 heterocycles. The normalized spacial score (nSPS) is 10.8. The standard InChI is InChI=1S/C19H17F2N3O2S/c1-11-4-7-15-16(9-11)27-19(23-15)24-17(25)3-2-8-22-18(26)13-6-5-12(20)10-14(13)21/h4-7,9-10H,2-3,8H2,1H3,(H,22,26)(H,23,24,25). The number of carbonyl (C=O) groups excluding carboxylic acids is 2. The van der Waals surface area contributed by atoms with Crippen molar-refractivity contribution in [3.05, 3.63) is 59.2 Å². The van der Waals surface area contributed by atoms with Gasteiger partial charge in [-0.3, -0.25) is 9.59 Å². The third-order valence-corrected chi connectivity index (χ3v) is 4.77. The molecule has 0 fully saturated rings. The first-order valence-electron chi connectivity index (χ1n) is 8.32. The van der Waals surface area contributed by atoms with Gasteiger partial charge in [0.1, 0.15) is 11.6 Å². The summed E-state index contributed by atoms with van der Waals surface area (Å²) in [5.41, 5.74) is 1.72. The van der Waals surface area contributed by atoms with Gasteiger partial charge in [-0.05, 0) is 43.2 Å². The lowest BCUT2D eigenvalue weighted by atomic mass is 10.2. The molecule has 140 valence electrons. The first-order chi connectivity index (χ1) is 12.9. The maximum atomic E-state index is 13.5. The zero-order valence-electron chi connectivity index (χ0n) is 14.5. The third kappa shape index (κ3) is 4.85. The van der Waals surface area contributed by atoms with Crippen molar-refractivity contribution in [2.24, 2.45) is 0 Å². The van der Waals surface area contributed by atoms with Crippen molar-refractivity contribution in [2.75, 3.05) is 11.9 Å². The highest BCUT2D eigenvalue weighted by atomic mass is 32.1. The lowest BCUT2D eigenvalue weighted by Crippen LogP contribution is -2.26. The molecule has 0 saturated heterocycles. The van der Waals surface area contributed by atoms with E-state index in [2.05, 4.69) is 15.6 Å². The van der Waals surface area contributed by atoms with Crippen LogP contribution in [0.25, 0.3) is 10.2 Å². The quantitative estimate of drug-likeness (QED) is 0.625. The number of carbonyl (C=O) groups is 2. The molecule has 1 aromatic heterocycles. The van der Waals surface area contributed by atoms with Crippen LogP contribution < -0.4 is 10.6 Å². The summed E-state index contributed by atoms with van der Waals surface area (Å²) in [5.74, 6) is -2.52. The average molecular weight is 389 g/mol. The zero-order chi connectivity index (χ0) is 19.4. The van der Waals surface area contributed by atoms with Gasteiger partial charge in [-0.1, -0.05) is 17.4 Å². The number of hydrogen-bond donors (Lipinski definition) is 2. The predicted molar refractivity (Wildman–Crippen MR) is 101 cm³/mol. The van der Waals surface area contributed by atoms with Gasteiger partial charge in [0.25, 0.3) is 5.91 Å². The maximum Gasteiger partial charge on any atom is 0.254 e. The Hall–Kier alpha value is -2.87. The molecule has 2 amide bonds. The summed E-state index contributed by atoms with van der Waals surface area (Å²) < 4.78 is 27.4. The summed E-state index contributed by atoms with van der Waals surface area (Å²) in [4.78, 5) is 28.2. The first kappa shape index (κ1) is 18.9. The lowest BCUT2D eigenvalue weighted by Gasteiger charge is -2.06. The minimum absolute atomic E-state index is 0.182. The molecule has 8 heteroatoms. The molecule has 0 saturated carbocycles. The minimum atomic E-state index is -0.920. The number of halogens is 2. The number of nitrogens with zero attached hydrogens (tertiary/aromatic N) is 1. The molecule has 3 rings (SSSR count). The van der Waals surface area contributed by atoms with E-state index in [4.69, 9.17) is 0 Å². The van der Waals surface area contributed by atoms with E-state index in [1.165, 1.54) is 11.3 Å². The largest absolute Gasteiger partial charge is 0.352 e. The van der Waals surface area contributed by atoms with Crippen molar-refractivity contribution in [1.82, 2.24) is 10.3 Å². The Bertz CT molecular complexity index is 1000. The zero-order valence-corrected chi connectivity index (χ0v) is 15.3. The fraction of sp³-hybridized carbons (Fsp3) is 0.211. The Morgan fingerprint density at radius 2 is 1.96 bits per heavy atom. The predicted octanol–water partition coefficient (Wildman–Crippen LogP) is 4.03. The molecule has 0 atom stereocenters. The summed E-state index contributed by atoms with van der Waals surface area (Å²) in [7, 11) is 0. The van der Waals surface area contributed by atoms with Crippen molar-refractivity contribution < 1.29 is 18.4 Å².